The van der Waals surface area contributed by atoms with E-state index in [-0.39, 0.29) is 11.6 Å². The highest BCUT2D eigenvalue weighted by molar-refractivity contribution is 9.10. The Morgan fingerprint density at radius 1 is 1.82 bits per heavy atom. The predicted molar refractivity (Wildman–Crippen MR) is 40.6 cm³/mol. The maximum atomic E-state index is 10.2. The number of hydrogen-bond acceptors (Lipinski definition) is 3. The van der Waals surface area contributed by atoms with Gasteiger partial charge in [0.15, 0.2) is 17.9 Å². The summed E-state index contributed by atoms with van der Waals surface area (Å²) < 4.78 is 5.25. The molecular weight excluding hydrogens is 214 g/mol. The van der Waals surface area contributed by atoms with Crippen molar-refractivity contribution in [3.63, 3.8) is 0 Å². The molecule has 1 rings (SSSR count). The molecule has 0 bridgehead atoms. The van der Waals surface area contributed by atoms with E-state index in [1.165, 1.54) is 6.07 Å². The summed E-state index contributed by atoms with van der Waals surface area (Å²) in [5.74, 6) is 0.189. The summed E-state index contributed by atoms with van der Waals surface area (Å²) >= 11 is 3.04. The zero-order valence-corrected chi connectivity index (χ0v) is 6.78. The molecule has 0 amide bonds. The molecule has 6 heteroatoms. The average molecular weight is 216 g/mol. The maximum absolute atomic E-state index is 10.2. The number of azide groups is 1. The highest BCUT2D eigenvalue weighted by atomic mass is 79.9. The molecule has 0 aliphatic heterocycles. The minimum Gasteiger partial charge on any atom is -0.450 e. The second kappa shape index (κ2) is 3.23. The Hall–Kier alpha value is -1.26. The third-order valence-corrected chi connectivity index (χ3v) is 1.57. The van der Waals surface area contributed by atoms with Crippen LogP contribution in [-0.4, -0.2) is 6.29 Å². The molecule has 1 heterocycles. The Labute approximate surface area is 69.8 Å². The Balaban J connectivity index is 3.13. The van der Waals surface area contributed by atoms with Gasteiger partial charge in [0.25, 0.3) is 0 Å². The first-order valence-corrected chi connectivity index (χ1v) is 3.37. The Morgan fingerprint density at radius 3 is 3.00 bits per heavy atom. The molecule has 1 aromatic rings. The van der Waals surface area contributed by atoms with Gasteiger partial charge in [0.1, 0.15) is 0 Å². The average Bonchev–Trinajstić information content (AvgIpc) is 2.32. The lowest BCUT2D eigenvalue weighted by molar-refractivity contribution is 0.110. The molecule has 5 nitrogen and oxygen atoms in total. The number of hydrogen-bond donors (Lipinski definition) is 0. The van der Waals surface area contributed by atoms with Crippen LogP contribution in [0.2, 0.25) is 0 Å². The van der Waals surface area contributed by atoms with Crippen molar-refractivity contribution >= 4 is 28.1 Å². The van der Waals surface area contributed by atoms with E-state index in [9.17, 15) is 4.79 Å². The lowest BCUT2D eigenvalue weighted by Gasteiger charge is -1.78. The van der Waals surface area contributed by atoms with E-state index >= 15 is 0 Å². The monoisotopic (exact) mass is 215 g/mol. The SMILES string of the molecule is [N-]=[N+]=Nc1cc(Br)c(C=O)o1. The van der Waals surface area contributed by atoms with Crippen LogP contribution in [0, 0.1) is 0 Å². The first-order valence-electron chi connectivity index (χ1n) is 2.57. The van der Waals surface area contributed by atoms with E-state index in [1.54, 1.807) is 0 Å². The molecule has 0 aliphatic carbocycles. The molecule has 0 aliphatic rings. The van der Waals surface area contributed by atoms with Crippen molar-refractivity contribution < 1.29 is 9.21 Å². The van der Waals surface area contributed by atoms with Gasteiger partial charge in [-0.15, -0.1) is 0 Å². The number of carbonyl (C=O) groups is 1. The first-order chi connectivity index (χ1) is 5.27. The van der Waals surface area contributed by atoms with E-state index in [0.717, 1.165) is 0 Å². The third-order valence-electron chi connectivity index (χ3n) is 0.950. The first kappa shape index (κ1) is 7.84. The minimum absolute atomic E-state index is 0.0708. The largest absolute Gasteiger partial charge is 0.450 e. The Kier molecular flexibility index (Phi) is 2.30. The number of nitrogens with zero attached hydrogens (tertiary/aromatic N) is 3. The van der Waals surface area contributed by atoms with Crippen LogP contribution in [0.4, 0.5) is 5.88 Å². The van der Waals surface area contributed by atoms with Gasteiger partial charge < -0.3 is 4.42 Å². The normalized spacial score (nSPS) is 8.82. The quantitative estimate of drug-likeness (QED) is 0.329. The van der Waals surface area contributed by atoms with Gasteiger partial charge in [-0.05, 0) is 26.6 Å². The van der Waals surface area contributed by atoms with Gasteiger partial charge in [-0.3, -0.25) is 4.79 Å². The summed E-state index contributed by atoms with van der Waals surface area (Å²) in [6, 6.07) is 1.42. The van der Waals surface area contributed by atoms with Crippen molar-refractivity contribution in [1.82, 2.24) is 0 Å². The number of furan rings is 1. The molecule has 0 radical (unpaired) electrons. The van der Waals surface area contributed by atoms with Crippen molar-refractivity contribution in [1.29, 1.82) is 0 Å². The standard InChI is InChI=1S/C5H2BrN3O2/c6-3-1-5(8-9-7)11-4(3)2-10/h1-2H. The molecule has 0 spiro atoms. The minimum atomic E-state index is 0.0708. The van der Waals surface area contributed by atoms with Gasteiger partial charge in [-0.2, -0.15) is 0 Å². The van der Waals surface area contributed by atoms with Gasteiger partial charge in [0.2, 0.25) is 0 Å². The molecule has 1 aromatic heterocycles. The summed E-state index contributed by atoms with van der Waals surface area (Å²) in [5.41, 5.74) is 7.99. The van der Waals surface area contributed by atoms with Crippen LogP contribution in [0.15, 0.2) is 20.1 Å². The predicted octanol–water partition coefficient (Wildman–Crippen LogP) is 2.80. The fourth-order valence-electron chi connectivity index (χ4n) is 0.544. The number of aldehydes is 1. The highest BCUT2D eigenvalue weighted by Gasteiger charge is 2.05. The van der Waals surface area contributed by atoms with E-state index in [1.807, 2.05) is 0 Å². The number of carbonyl (C=O) groups excluding carboxylic acids is 1. The molecular formula is C5H2BrN3O2. The Bertz CT molecular complexity index is 326. The second-order valence-electron chi connectivity index (χ2n) is 1.60. The Morgan fingerprint density at radius 2 is 2.55 bits per heavy atom. The molecule has 0 fully saturated rings. The second-order valence-corrected chi connectivity index (χ2v) is 2.46. The molecule has 0 atom stereocenters. The molecule has 0 N–H and O–H groups in total. The van der Waals surface area contributed by atoms with E-state index in [2.05, 4.69) is 26.0 Å². The number of halogens is 1. The van der Waals surface area contributed by atoms with Crippen LogP contribution < -0.4 is 0 Å². The molecule has 56 valence electrons. The summed E-state index contributed by atoms with van der Waals surface area (Å²) in [4.78, 5) is 12.7. The van der Waals surface area contributed by atoms with Crippen molar-refractivity contribution in [2.24, 2.45) is 5.11 Å². The molecule has 0 unspecified atom stereocenters. The summed E-state index contributed by atoms with van der Waals surface area (Å²) in [6.07, 6.45) is 0.528. The van der Waals surface area contributed by atoms with Gasteiger partial charge in [0, 0.05) is 11.0 Å². The fraction of sp³-hybridized carbons (Fsp3) is 0. The lowest BCUT2D eigenvalue weighted by Crippen LogP contribution is -1.70. The topological polar surface area (TPSA) is 79.0 Å². The van der Waals surface area contributed by atoms with Crippen molar-refractivity contribution in [2.75, 3.05) is 0 Å². The summed E-state index contributed by atoms with van der Waals surface area (Å²) in [7, 11) is 0. The van der Waals surface area contributed by atoms with Gasteiger partial charge in [-0.1, -0.05) is 0 Å². The van der Waals surface area contributed by atoms with E-state index in [0.29, 0.717) is 10.8 Å². The fourth-order valence-corrected chi connectivity index (χ4v) is 0.914. The van der Waals surface area contributed by atoms with Crippen LogP contribution >= 0.6 is 15.9 Å². The van der Waals surface area contributed by atoms with Crippen molar-refractivity contribution in [2.45, 2.75) is 0 Å². The summed E-state index contributed by atoms with van der Waals surface area (Å²) in [6.45, 7) is 0. The third kappa shape index (κ3) is 1.60. The lowest BCUT2D eigenvalue weighted by atomic mass is 10.5. The van der Waals surface area contributed by atoms with Gasteiger partial charge in [-0.25, -0.2) is 0 Å². The zero-order chi connectivity index (χ0) is 8.27. The molecule has 0 aromatic carbocycles. The van der Waals surface area contributed by atoms with Crippen molar-refractivity contribution in [3.05, 3.63) is 26.7 Å². The zero-order valence-electron chi connectivity index (χ0n) is 5.19. The van der Waals surface area contributed by atoms with E-state index < -0.39 is 0 Å². The van der Waals surface area contributed by atoms with Crippen LogP contribution in [0.3, 0.4) is 0 Å². The van der Waals surface area contributed by atoms with Crippen molar-refractivity contribution in [3.8, 4) is 0 Å². The number of rotatable bonds is 2. The summed E-state index contributed by atoms with van der Waals surface area (Å²) in [5, 5.41) is 3.16. The molecule has 0 saturated heterocycles. The molecule has 11 heavy (non-hydrogen) atoms. The van der Waals surface area contributed by atoms with Crippen LogP contribution in [0.1, 0.15) is 10.6 Å². The highest BCUT2D eigenvalue weighted by Crippen LogP contribution is 2.25. The van der Waals surface area contributed by atoms with Crippen LogP contribution in [0.5, 0.6) is 0 Å². The maximum Gasteiger partial charge on any atom is 0.192 e. The van der Waals surface area contributed by atoms with Gasteiger partial charge in [0.05, 0.1) is 4.47 Å². The van der Waals surface area contributed by atoms with E-state index in [4.69, 9.17) is 9.95 Å². The smallest absolute Gasteiger partial charge is 0.192 e. The van der Waals surface area contributed by atoms with Gasteiger partial charge >= 0.3 is 0 Å². The molecule has 0 saturated carbocycles. The van der Waals surface area contributed by atoms with Crippen LogP contribution in [-0.2, 0) is 0 Å². The van der Waals surface area contributed by atoms with Crippen LogP contribution in [0.25, 0.3) is 10.4 Å².